The largest absolute Gasteiger partial charge is 0.502 e. The van der Waals surface area contributed by atoms with E-state index >= 15 is 0 Å². The van der Waals surface area contributed by atoms with Crippen molar-refractivity contribution in [3.8, 4) is 11.5 Å². The second-order valence-corrected chi connectivity index (χ2v) is 9.40. The number of aromatic hydroxyl groups is 1. The second kappa shape index (κ2) is 11.3. The summed E-state index contributed by atoms with van der Waals surface area (Å²) < 4.78 is 12.0. The number of hydrogen-bond donors (Lipinski definition) is 1. The van der Waals surface area contributed by atoms with Crippen LogP contribution < -0.4 is 19.6 Å². The minimum Gasteiger partial charge on any atom is -0.502 e. The van der Waals surface area contributed by atoms with Crippen LogP contribution in [0.2, 0.25) is 0 Å². The number of aromatic nitrogens is 1. The average molecular weight is 567 g/mol. The molecule has 1 aliphatic heterocycles. The molecule has 4 rings (SSSR count). The van der Waals surface area contributed by atoms with Gasteiger partial charge in [-0.3, -0.25) is 29.6 Å². The molecular formula is C26H22N4O9S. The fourth-order valence-electron chi connectivity index (χ4n) is 4.13. The number of nitro benzene ring substituents is 2. The molecule has 2 heterocycles. The van der Waals surface area contributed by atoms with Crippen molar-refractivity contribution in [2.75, 3.05) is 13.2 Å². The van der Waals surface area contributed by atoms with Crippen molar-refractivity contribution in [3.63, 3.8) is 0 Å². The maximum atomic E-state index is 13.7. The summed E-state index contributed by atoms with van der Waals surface area (Å²) in [6.45, 7) is 7.23. The summed E-state index contributed by atoms with van der Waals surface area (Å²) in [5, 5.41) is 33.1. The smallest absolute Gasteiger partial charge is 0.338 e. The van der Waals surface area contributed by atoms with Crippen molar-refractivity contribution < 1.29 is 29.2 Å². The molecule has 1 N–H and O–H groups in total. The van der Waals surface area contributed by atoms with Crippen LogP contribution in [0, 0.1) is 20.2 Å². The molecule has 0 amide bonds. The summed E-state index contributed by atoms with van der Waals surface area (Å²) in [6, 6.07) is 7.34. The van der Waals surface area contributed by atoms with Crippen LogP contribution >= 0.6 is 11.3 Å². The molecule has 40 heavy (non-hydrogen) atoms. The Morgan fingerprint density at radius 3 is 2.52 bits per heavy atom. The van der Waals surface area contributed by atoms with Crippen LogP contribution in [-0.4, -0.2) is 38.7 Å². The van der Waals surface area contributed by atoms with E-state index in [-0.39, 0.29) is 33.7 Å². The lowest BCUT2D eigenvalue weighted by atomic mass is 9.96. The third-order valence-electron chi connectivity index (χ3n) is 5.88. The average Bonchev–Trinajstić information content (AvgIpc) is 3.21. The Bertz CT molecular complexity index is 1750. The number of phenolic OH excluding ortho intramolecular Hbond substituents is 1. The second-order valence-electron chi connectivity index (χ2n) is 8.39. The number of rotatable bonds is 9. The van der Waals surface area contributed by atoms with Gasteiger partial charge in [0.2, 0.25) is 5.75 Å². The van der Waals surface area contributed by atoms with Gasteiger partial charge in [0, 0.05) is 11.6 Å². The zero-order valence-electron chi connectivity index (χ0n) is 21.2. The third kappa shape index (κ3) is 5.24. The van der Waals surface area contributed by atoms with E-state index in [9.17, 15) is 34.9 Å². The number of hydrogen-bond acceptors (Lipinski definition) is 11. The van der Waals surface area contributed by atoms with Gasteiger partial charge >= 0.3 is 11.7 Å². The first-order chi connectivity index (χ1) is 19.1. The predicted octanol–water partition coefficient (Wildman–Crippen LogP) is 2.89. The number of benzene rings is 2. The number of non-ortho nitro benzene ring substituents is 1. The van der Waals surface area contributed by atoms with E-state index in [2.05, 4.69) is 11.6 Å². The highest BCUT2D eigenvalue weighted by molar-refractivity contribution is 7.07. The van der Waals surface area contributed by atoms with E-state index in [1.165, 1.54) is 4.57 Å². The molecule has 0 saturated heterocycles. The van der Waals surface area contributed by atoms with Gasteiger partial charge in [0.25, 0.3) is 11.2 Å². The molecule has 0 radical (unpaired) electrons. The molecule has 1 atom stereocenters. The van der Waals surface area contributed by atoms with Crippen molar-refractivity contribution in [2.24, 2.45) is 4.99 Å². The number of allylic oxidation sites excluding steroid dienone is 1. The van der Waals surface area contributed by atoms with Gasteiger partial charge in [-0.1, -0.05) is 36.1 Å². The van der Waals surface area contributed by atoms with Crippen LogP contribution in [0.3, 0.4) is 0 Å². The number of phenols is 1. The molecular weight excluding hydrogens is 544 g/mol. The molecule has 1 aliphatic rings. The minimum atomic E-state index is -0.960. The molecule has 3 aromatic rings. The van der Waals surface area contributed by atoms with E-state index < -0.39 is 44.5 Å². The molecule has 0 fully saturated rings. The number of fused-ring (bicyclic) bond motifs is 1. The summed E-state index contributed by atoms with van der Waals surface area (Å²) >= 11 is 0.893. The van der Waals surface area contributed by atoms with Crippen molar-refractivity contribution in [1.29, 1.82) is 0 Å². The highest BCUT2D eigenvalue weighted by atomic mass is 32.1. The molecule has 13 nitrogen and oxygen atoms in total. The zero-order valence-corrected chi connectivity index (χ0v) is 22.0. The number of nitrogens with zero attached hydrogens (tertiary/aromatic N) is 4. The van der Waals surface area contributed by atoms with Gasteiger partial charge in [0.15, 0.2) is 4.80 Å². The fourth-order valence-corrected chi connectivity index (χ4v) is 5.17. The SMILES string of the molecule is C=CCOc1ccc([C@H]2C(C(=O)OCC)=C(C)N=c3s/c(=C\c4cc([N+](=O)[O-])cc([N+](=O)[O-])c4O)c(=O)n32)cc1. The highest BCUT2D eigenvalue weighted by Gasteiger charge is 2.33. The number of carbonyl (C=O) groups excluding carboxylic acids is 1. The third-order valence-corrected chi connectivity index (χ3v) is 6.86. The first-order valence-corrected chi connectivity index (χ1v) is 12.6. The van der Waals surface area contributed by atoms with Gasteiger partial charge in [-0.15, -0.1) is 0 Å². The van der Waals surface area contributed by atoms with Gasteiger partial charge in [-0.2, -0.15) is 0 Å². The van der Waals surface area contributed by atoms with Crippen molar-refractivity contribution in [3.05, 3.63) is 111 Å². The topological polar surface area (TPSA) is 176 Å². The zero-order chi connectivity index (χ0) is 29.1. The lowest BCUT2D eigenvalue weighted by Gasteiger charge is -2.24. The molecule has 0 unspecified atom stereocenters. The predicted molar refractivity (Wildman–Crippen MR) is 144 cm³/mol. The van der Waals surface area contributed by atoms with Gasteiger partial charge in [-0.05, 0) is 37.6 Å². The lowest BCUT2D eigenvalue weighted by Crippen LogP contribution is -2.39. The molecule has 0 spiro atoms. The van der Waals surface area contributed by atoms with E-state index in [0.29, 0.717) is 23.1 Å². The molecule has 1 aromatic heterocycles. The maximum absolute atomic E-state index is 13.7. The molecule has 14 heteroatoms. The number of ether oxygens (including phenoxy) is 2. The Hall–Kier alpha value is -5.11. The van der Waals surface area contributed by atoms with E-state index in [0.717, 1.165) is 23.5 Å². The monoisotopic (exact) mass is 566 g/mol. The van der Waals surface area contributed by atoms with Crippen LogP contribution in [0.25, 0.3) is 6.08 Å². The first kappa shape index (κ1) is 27.9. The highest BCUT2D eigenvalue weighted by Crippen LogP contribution is 2.35. The van der Waals surface area contributed by atoms with Crippen LogP contribution in [0.5, 0.6) is 11.5 Å². The quantitative estimate of drug-likeness (QED) is 0.177. The van der Waals surface area contributed by atoms with Crippen LogP contribution in [0.1, 0.15) is 31.0 Å². The summed E-state index contributed by atoms with van der Waals surface area (Å²) in [6.07, 6.45) is 2.70. The van der Waals surface area contributed by atoms with E-state index in [1.807, 2.05) is 0 Å². The molecule has 0 saturated carbocycles. The Labute approximate surface area is 229 Å². The van der Waals surface area contributed by atoms with Crippen LogP contribution in [-0.2, 0) is 9.53 Å². The molecule has 206 valence electrons. The minimum absolute atomic E-state index is 0.0299. The van der Waals surface area contributed by atoms with Crippen LogP contribution in [0.15, 0.2) is 70.1 Å². The standard InChI is InChI=1S/C26H22N4O9S/c1-4-10-39-18-8-6-15(7-9-18)22-21(25(33)38-5-2)14(3)27-26-28(22)24(32)20(40-26)12-16-11-17(29(34)35)13-19(23(16)31)30(36)37/h4,6-9,11-13,22,31H,1,5,10H2,2-3H3/b20-12-/t22-/m0/s1. The van der Waals surface area contributed by atoms with E-state index in [1.54, 1.807) is 44.2 Å². The van der Waals surface area contributed by atoms with E-state index in [4.69, 9.17) is 9.47 Å². The normalized spacial score (nSPS) is 14.8. The first-order valence-electron chi connectivity index (χ1n) is 11.8. The van der Waals surface area contributed by atoms with Crippen LogP contribution in [0.4, 0.5) is 11.4 Å². The summed E-state index contributed by atoms with van der Waals surface area (Å²) in [7, 11) is 0. The summed E-state index contributed by atoms with van der Waals surface area (Å²) in [4.78, 5) is 52.3. The van der Waals surface area contributed by atoms with Crippen molar-refractivity contribution in [1.82, 2.24) is 4.57 Å². The lowest BCUT2D eigenvalue weighted by molar-refractivity contribution is -0.394. The molecule has 0 bridgehead atoms. The van der Waals surface area contributed by atoms with Gasteiger partial charge in [-0.25, -0.2) is 9.79 Å². The number of esters is 1. The Kier molecular flexibility index (Phi) is 7.90. The Morgan fingerprint density at radius 2 is 1.93 bits per heavy atom. The van der Waals surface area contributed by atoms with Crippen molar-refractivity contribution >= 4 is 34.8 Å². The Balaban J connectivity index is 1.95. The maximum Gasteiger partial charge on any atom is 0.338 e. The summed E-state index contributed by atoms with van der Waals surface area (Å²) in [5.74, 6) is -0.962. The van der Waals surface area contributed by atoms with Gasteiger partial charge in [0.1, 0.15) is 12.4 Å². The Morgan fingerprint density at radius 1 is 1.23 bits per heavy atom. The number of thiazole rings is 1. The van der Waals surface area contributed by atoms with Gasteiger partial charge < -0.3 is 14.6 Å². The number of carbonyl (C=O) groups is 1. The summed E-state index contributed by atoms with van der Waals surface area (Å²) in [5.41, 5.74) is -1.46. The number of nitro groups is 2. The van der Waals surface area contributed by atoms with Gasteiger partial charge in [0.05, 0.1) is 44.4 Å². The molecule has 2 aromatic carbocycles. The molecule has 0 aliphatic carbocycles. The fraction of sp³-hybridized carbons (Fsp3) is 0.192. The van der Waals surface area contributed by atoms with Crippen molar-refractivity contribution in [2.45, 2.75) is 19.9 Å².